The van der Waals surface area contributed by atoms with Gasteiger partial charge in [0, 0.05) is 18.8 Å². The summed E-state index contributed by atoms with van der Waals surface area (Å²) in [6.45, 7) is 7.50. The number of nitrogens with two attached hydrogens (primary N) is 1. The Kier molecular flexibility index (Phi) is 8.91. The molecule has 0 bridgehead atoms. The lowest BCUT2D eigenvalue weighted by Gasteiger charge is -2.28. The van der Waals surface area contributed by atoms with Crippen molar-refractivity contribution in [3.05, 3.63) is 29.3 Å². The summed E-state index contributed by atoms with van der Waals surface area (Å²) in [6.07, 6.45) is 4.52. The lowest BCUT2D eigenvalue weighted by molar-refractivity contribution is 0.214. The summed E-state index contributed by atoms with van der Waals surface area (Å²) < 4.78 is 0. The molecule has 0 aliphatic carbocycles. The molecule has 0 radical (unpaired) electrons. The summed E-state index contributed by atoms with van der Waals surface area (Å²) in [5.74, 6) is 1.18. The number of aryl methyl sites for hydroxylation is 2. The second-order valence-electron chi connectivity index (χ2n) is 6.28. The van der Waals surface area contributed by atoms with Gasteiger partial charge in [0.1, 0.15) is 0 Å². The molecule has 1 heterocycles. The van der Waals surface area contributed by atoms with Crippen LogP contribution in [0.5, 0.6) is 0 Å². The second kappa shape index (κ2) is 10.1. The van der Waals surface area contributed by atoms with Crippen molar-refractivity contribution >= 4 is 35.6 Å². The molecule has 0 amide bonds. The molecule has 0 spiro atoms. The van der Waals surface area contributed by atoms with Gasteiger partial charge in [-0.2, -0.15) is 0 Å². The third-order valence-electron chi connectivity index (χ3n) is 4.49. The van der Waals surface area contributed by atoms with Crippen LogP contribution in [0.25, 0.3) is 0 Å². The third kappa shape index (κ3) is 5.95. The zero-order chi connectivity index (χ0) is 15.9. The SMILES string of the molecule is CCc1cccc(CC)c1NC(N)=NCC1CCCN(C)C1.I. The first-order valence-corrected chi connectivity index (χ1v) is 8.50. The number of piperidine rings is 1. The highest BCUT2D eigenvalue weighted by Crippen LogP contribution is 2.22. The Morgan fingerprint density at radius 1 is 1.30 bits per heavy atom. The van der Waals surface area contributed by atoms with Gasteiger partial charge in [-0.1, -0.05) is 32.0 Å². The smallest absolute Gasteiger partial charge is 0.193 e. The van der Waals surface area contributed by atoms with E-state index in [0.717, 1.165) is 31.6 Å². The monoisotopic (exact) mass is 430 g/mol. The molecule has 5 heteroatoms. The number of anilines is 1. The summed E-state index contributed by atoms with van der Waals surface area (Å²) in [5.41, 5.74) is 9.88. The van der Waals surface area contributed by atoms with Crippen molar-refractivity contribution in [2.45, 2.75) is 39.5 Å². The molecule has 130 valence electrons. The average molecular weight is 430 g/mol. The van der Waals surface area contributed by atoms with E-state index in [1.165, 1.54) is 30.5 Å². The minimum atomic E-state index is 0. The molecule has 4 nitrogen and oxygen atoms in total. The molecular formula is C18H31IN4. The number of para-hydroxylation sites is 1. The summed E-state index contributed by atoms with van der Waals surface area (Å²) in [7, 11) is 2.18. The molecule has 3 N–H and O–H groups in total. The fourth-order valence-electron chi connectivity index (χ4n) is 3.22. The largest absolute Gasteiger partial charge is 0.370 e. The minimum absolute atomic E-state index is 0. The quantitative estimate of drug-likeness (QED) is 0.427. The Morgan fingerprint density at radius 2 is 1.96 bits per heavy atom. The highest BCUT2D eigenvalue weighted by molar-refractivity contribution is 14.0. The summed E-state index contributed by atoms with van der Waals surface area (Å²) in [4.78, 5) is 6.97. The van der Waals surface area contributed by atoms with Crippen LogP contribution in [0.4, 0.5) is 5.69 Å². The van der Waals surface area contributed by atoms with Crippen molar-refractivity contribution < 1.29 is 0 Å². The number of hydrogen-bond acceptors (Lipinski definition) is 2. The number of guanidine groups is 1. The van der Waals surface area contributed by atoms with Crippen LogP contribution in [-0.2, 0) is 12.8 Å². The Morgan fingerprint density at radius 3 is 2.52 bits per heavy atom. The summed E-state index contributed by atoms with van der Waals surface area (Å²) in [5, 5.41) is 3.35. The number of nitrogens with one attached hydrogen (secondary N) is 1. The number of benzene rings is 1. The van der Waals surface area contributed by atoms with Gasteiger partial charge in [0.05, 0.1) is 0 Å². The maximum Gasteiger partial charge on any atom is 0.193 e. The van der Waals surface area contributed by atoms with Crippen LogP contribution in [0.3, 0.4) is 0 Å². The van der Waals surface area contributed by atoms with E-state index in [0.29, 0.717) is 11.9 Å². The summed E-state index contributed by atoms with van der Waals surface area (Å²) in [6, 6.07) is 6.43. The first-order chi connectivity index (χ1) is 10.6. The molecule has 0 aromatic heterocycles. The van der Waals surface area contributed by atoms with Crippen LogP contribution in [0.2, 0.25) is 0 Å². The lowest BCUT2D eigenvalue weighted by Crippen LogP contribution is -2.34. The van der Waals surface area contributed by atoms with Crippen molar-refractivity contribution in [2.75, 3.05) is 32.0 Å². The van der Waals surface area contributed by atoms with Gasteiger partial charge in [-0.05, 0) is 56.3 Å². The van der Waals surface area contributed by atoms with E-state index in [9.17, 15) is 0 Å². The van der Waals surface area contributed by atoms with E-state index in [1.54, 1.807) is 0 Å². The fourth-order valence-corrected chi connectivity index (χ4v) is 3.22. The first kappa shape index (κ1) is 20.2. The van der Waals surface area contributed by atoms with Gasteiger partial charge in [0.2, 0.25) is 0 Å². The molecule has 1 aliphatic heterocycles. The molecule has 0 saturated carbocycles. The van der Waals surface area contributed by atoms with Crippen LogP contribution in [-0.4, -0.2) is 37.5 Å². The molecule has 1 aromatic carbocycles. The molecule has 1 saturated heterocycles. The van der Waals surface area contributed by atoms with Crippen molar-refractivity contribution in [3.63, 3.8) is 0 Å². The van der Waals surface area contributed by atoms with Gasteiger partial charge >= 0.3 is 0 Å². The Labute approximate surface area is 157 Å². The molecule has 1 unspecified atom stereocenters. The minimum Gasteiger partial charge on any atom is -0.370 e. The molecule has 2 rings (SSSR count). The third-order valence-corrected chi connectivity index (χ3v) is 4.49. The zero-order valence-electron chi connectivity index (χ0n) is 14.6. The molecule has 1 aromatic rings. The standard InChI is InChI=1S/C18H30N4.HI/c1-4-15-9-6-10-16(5-2)17(15)21-18(19)20-12-14-8-7-11-22(3)13-14;/h6,9-10,14H,4-5,7-8,11-13H2,1-3H3,(H3,19,20,21);1H. The van der Waals surface area contributed by atoms with E-state index in [4.69, 9.17) is 5.73 Å². The maximum atomic E-state index is 6.13. The Hall–Kier alpha value is -0.820. The van der Waals surface area contributed by atoms with Gasteiger partial charge in [0.15, 0.2) is 5.96 Å². The van der Waals surface area contributed by atoms with E-state index in [-0.39, 0.29) is 24.0 Å². The van der Waals surface area contributed by atoms with Crippen LogP contribution in [0, 0.1) is 5.92 Å². The van der Waals surface area contributed by atoms with E-state index < -0.39 is 0 Å². The Bertz CT molecular complexity index is 493. The first-order valence-electron chi connectivity index (χ1n) is 8.50. The number of likely N-dealkylation sites (tertiary alicyclic amines) is 1. The summed E-state index contributed by atoms with van der Waals surface area (Å²) >= 11 is 0. The highest BCUT2D eigenvalue weighted by Gasteiger charge is 2.16. The van der Waals surface area contributed by atoms with Gasteiger partial charge in [-0.15, -0.1) is 24.0 Å². The van der Waals surface area contributed by atoms with Crippen molar-refractivity contribution in [3.8, 4) is 0 Å². The van der Waals surface area contributed by atoms with E-state index in [2.05, 4.69) is 54.3 Å². The van der Waals surface area contributed by atoms with Gasteiger partial charge < -0.3 is 16.0 Å². The normalized spacial score (nSPS) is 19.3. The van der Waals surface area contributed by atoms with Gasteiger partial charge in [-0.3, -0.25) is 4.99 Å². The number of aliphatic imine (C=N–C) groups is 1. The van der Waals surface area contributed by atoms with E-state index >= 15 is 0 Å². The van der Waals surface area contributed by atoms with Crippen LogP contribution in [0.1, 0.15) is 37.8 Å². The van der Waals surface area contributed by atoms with E-state index in [1.807, 2.05) is 0 Å². The molecule has 1 atom stereocenters. The number of halogens is 1. The van der Waals surface area contributed by atoms with Crippen LogP contribution in [0.15, 0.2) is 23.2 Å². The molecule has 1 fully saturated rings. The predicted octanol–water partition coefficient (Wildman–Crippen LogP) is 3.50. The molecule has 1 aliphatic rings. The maximum absolute atomic E-state index is 6.13. The topological polar surface area (TPSA) is 53.6 Å². The molecular weight excluding hydrogens is 399 g/mol. The van der Waals surface area contributed by atoms with Crippen LogP contribution >= 0.6 is 24.0 Å². The van der Waals surface area contributed by atoms with Crippen molar-refractivity contribution in [1.82, 2.24) is 4.90 Å². The van der Waals surface area contributed by atoms with Crippen molar-refractivity contribution in [1.29, 1.82) is 0 Å². The fraction of sp³-hybridized carbons (Fsp3) is 0.611. The highest BCUT2D eigenvalue weighted by atomic mass is 127. The second-order valence-corrected chi connectivity index (χ2v) is 6.28. The molecule has 23 heavy (non-hydrogen) atoms. The number of hydrogen-bond donors (Lipinski definition) is 2. The number of rotatable bonds is 5. The number of nitrogens with zero attached hydrogens (tertiary/aromatic N) is 2. The average Bonchev–Trinajstić information content (AvgIpc) is 2.53. The van der Waals surface area contributed by atoms with Gasteiger partial charge in [0.25, 0.3) is 0 Å². The zero-order valence-corrected chi connectivity index (χ0v) is 17.0. The van der Waals surface area contributed by atoms with Crippen LogP contribution < -0.4 is 11.1 Å². The van der Waals surface area contributed by atoms with Gasteiger partial charge in [-0.25, -0.2) is 0 Å². The lowest BCUT2D eigenvalue weighted by atomic mass is 9.99. The van der Waals surface area contributed by atoms with Crippen molar-refractivity contribution in [2.24, 2.45) is 16.6 Å². The predicted molar refractivity (Wildman–Crippen MR) is 111 cm³/mol. The Balaban J connectivity index is 0.00000264.